The van der Waals surface area contributed by atoms with Crippen molar-refractivity contribution in [2.24, 2.45) is 0 Å². The monoisotopic (exact) mass is 490 g/mol. The molecule has 200 valence electrons. The Labute approximate surface area is 223 Å². The van der Waals surface area contributed by atoms with Crippen LogP contribution in [0.4, 0.5) is 0 Å². The number of ketones is 1. The van der Waals surface area contributed by atoms with Crippen molar-refractivity contribution in [3.63, 3.8) is 0 Å². The van der Waals surface area contributed by atoms with E-state index in [1.165, 1.54) is 127 Å². The van der Waals surface area contributed by atoms with Crippen LogP contribution in [-0.2, 0) is 12.8 Å². The molecular formula is C35H54O. The van der Waals surface area contributed by atoms with Crippen LogP contribution in [0.1, 0.15) is 156 Å². The fraction of sp³-hybridized carbons (Fsp3) is 0.629. The summed E-state index contributed by atoms with van der Waals surface area (Å²) in [5.74, 6) is 0.216. The molecule has 2 aromatic carbocycles. The Morgan fingerprint density at radius 1 is 0.444 bits per heavy atom. The third kappa shape index (κ3) is 12.4. The summed E-state index contributed by atoms with van der Waals surface area (Å²) in [5, 5.41) is 0. The van der Waals surface area contributed by atoms with Gasteiger partial charge in [-0.05, 0) is 36.8 Å². The Balaban J connectivity index is 1.79. The number of benzene rings is 2. The predicted molar refractivity (Wildman–Crippen MR) is 158 cm³/mol. The largest absolute Gasteiger partial charge is 0.289 e. The molecule has 0 unspecified atom stereocenters. The van der Waals surface area contributed by atoms with E-state index >= 15 is 0 Å². The first-order valence-electron chi connectivity index (χ1n) is 15.5. The van der Waals surface area contributed by atoms with Crippen LogP contribution < -0.4 is 0 Å². The van der Waals surface area contributed by atoms with E-state index in [-0.39, 0.29) is 5.78 Å². The Bertz CT molecular complexity index is 753. The van der Waals surface area contributed by atoms with Crippen molar-refractivity contribution in [3.05, 3.63) is 70.8 Å². The van der Waals surface area contributed by atoms with Crippen molar-refractivity contribution in [2.45, 2.75) is 142 Å². The summed E-state index contributed by atoms with van der Waals surface area (Å²) in [5.41, 5.74) is 4.28. The molecule has 0 fully saturated rings. The molecule has 0 radical (unpaired) electrons. The molecular weight excluding hydrogens is 436 g/mol. The van der Waals surface area contributed by atoms with Gasteiger partial charge in [0.15, 0.2) is 5.78 Å². The Hall–Kier alpha value is -1.89. The Morgan fingerprint density at radius 3 is 1.11 bits per heavy atom. The highest BCUT2D eigenvalue weighted by molar-refractivity contribution is 6.10. The van der Waals surface area contributed by atoms with Crippen LogP contribution in [0, 0.1) is 0 Å². The van der Waals surface area contributed by atoms with E-state index in [2.05, 4.69) is 38.1 Å². The molecule has 36 heavy (non-hydrogen) atoms. The molecule has 0 bridgehead atoms. The van der Waals surface area contributed by atoms with Crippen LogP contribution in [0.15, 0.2) is 48.5 Å². The summed E-state index contributed by atoms with van der Waals surface area (Å²) >= 11 is 0. The Morgan fingerprint density at radius 2 is 0.750 bits per heavy atom. The molecule has 0 atom stereocenters. The van der Waals surface area contributed by atoms with E-state index in [1.807, 2.05) is 24.3 Å². The highest BCUT2D eigenvalue weighted by atomic mass is 16.1. The second kappa shape index (κ2) is 20.2. The number of carbonyl (C=O) groups excluding carboxylic acids is 1. The minimum atomic E-state index is 0.216. The van der Waals surface area contributed by atoms with Crippen molar-refractivity contribution in [1.82, 2.24) is 0 Å². The number of rotatable bonds is 22. The lowest BCUT2D eigenvalue weighted by molar-refractivity contribution is 0.103. The number of aryl methyl sites for hydroxylation is 2. The second-order valence-electron chi connectivity index (χ2n) is 10.8. The SMILES string of the molecule is CCCCCCCCCCCc1ccccc1C(=O)c1ccccc1CCCCCCCCCCC. The lowest BCUT2D eigenvalue weighted by Crippen LogP contribution is -2.09. The van der Waals surface area contributed by atoms with Crippen LogP contribution in [0.3, 0.4) is 0 Å². The average molecular weight is 491 g/mol. The molecule has 0 saturated heterocycles. The maximum absolute atomic E-state index is 13.6. The van der Waals surface area contributed by atoms with Crippen LogP contribution in [0.25, 0.3) is 0 Å². The van der Waals surface area contributed by atoms with Crippen LogP contribution in [-0.4, -0.2) is 5.78 Å². The molecule has 1 nitrogen and oxygen atoms in total. The first-order chi connectivity index (χ1) is 17.8. The maximum atomic E-state index is 13.6. The van der Waals surface area contributed by atoms with Crippen molar-refractivity contribution in [3.8, 4) is 0 Å². The van der Waals surface area contributed by atoms with E-state index in [1.54, 1.807) is 0 Å². The third-order valence-corrected chi connectivity index (χ3v) is 7.62. The third-order valence-electron chi connectivity index (χ3n) is 7.62. The van der Waals surface area contributed by atoms with Crippen molar-refractivity contribution in [2.75, 3.05) is 0 Å². The normalized spacial score (nSPS) is 11.2. The van der Waals surface area contributed by atoms with Gasteiger partial charge in [-0.1, -0.05) is 165 Å². The molecule has 0 amide bonds. The van der Waals surface area contributed by atoms with Gasteiger partial charge < -0.3 is 0 Å². The van der Waals surface area contributed by atoms with Gasteiger partial charge in [0, 0.05) is 11.1 Å². The topological polar surface area (TPSA) is 17.1 Å². The van der Waals surface area contributed by atoms with Gasteiger partial charge in [-0.2, -0.15) is 0 Å². The highest BCUT2D eigenvalue weighted by Crippen LogP contribution is 2.22. The smallest absolute Gasteiger partial charge is 0.193 e. The van der Waals surface area contributed by atoms with Gasteiger partial charge in [0.2, 0.25) is 0 Å². The number of carbonyl (C=O) groups is 1. The second-order valence-corrected chi connectivity index (χ2v) is 10.8. The van der Waals surface area contributed by atoms with E-state index in [4.69, 9.17) is 0 Å². The van der Waals surface area contributed by atoms with Crippen molar-refractivity contribution >= 4 is 5.78 Å². The molecule has 2 rings (SSSR count). The minimum Gasteiger partial charge on any atom is -0.289 e. The summed E-state index contributed by atoms with van der Waals surface area (Å²) in [6, 6.07) is 16.7. The molecule has 0 aliphatic heterocycles. The highest BCUT2D eigenvalue weighted by Gasteiger charge is 2.16. The van der Waals surface area contributed by atoms with E-state index in [0.29, 0.717) is 0 Å². The molecule has 1 heteroatoms. The van der Waals surface area contributed by atoms with Gasteiger partial charge in [-0.15, -0.1) is 0 Å². The summed E-state index contributed by atoms with van der Waals surface area (Å²) < 4.78 is 0. The zero-order valence-corrected chi connectivity index (χ0v) is 23.7. The van der Waals surface area contributed by atoms with E-state index in [0.717, 1.165) is 24.0 Å². The summed E-state index contributed by atoms with van der Waals surface area (Å²) in [6.07, 6.45) is 26.0. The molecule has 0 aliphatic rings. The van der Waals surface area contributed by atoms with Gasteiger partial charge in [0.25, 0.3) is 0 Å². The zero-order chi connectivity index (χ0) is 25.7. The van der Waals surface area contributed by atoms with Crippen LogP contribution >= 0.6 is 0 Å². The minimum absolute atomic E-state index is 0.216. The number of unbranched alkanes of at least 4 members (excludes halogenated alkanes) is 16. The lowest BCUT2D eigenvalue weighted by atomic mass is 9.91. The molecule has 0 saturated carbocycles. The lowest BCUT2D eigenvalue weighted by Gasteiger charge is -2.12. The Kier molecular flexibility index (Phi) is 17.0. The maximum Gasteiger partial charge on any atom is 0.193 e. The standard InChI is InChI=1S/C35H54O/c1-3-5-7-9-11-13-15-17-19-25-31-27-21-23-29-33(31)35(36)34-30-24-22-28-32(34)26-20-18-16-14-12-10-8-6-4-2/h21-24,27-30H,3-20,25-26H2,1-2H3. The molecule has 0 aliphatic carbocycles. The molecule has 2 aromatic rings. The van der Waals surface area contributed by atoms with Crippen LogP contribution in [0.5, 0.6) is 0 Å². The van der Waals surface area contributed by atoms with Crippen molar-refractivity contribution in [1.29, 1.82) is 0 Å². The molecule has 0 spiro atoms. The first-order valence-corrected chi connectivity index (χ1v) is 15.5. The zero-order valence-electron chi connectivity index (χ0n) is 23.7. The summed E-state index contributed by atoms with van der Waals surface area (Å²) in [4.78, 5) is 13.6. The van der Waals surface area contributed by atoms with Crippen LogP contribution in [0.2, 0.25) is 0 Å². The fourth-order valence-electron chi connectivity index (χ4n) is 5.32. The number of hydrogen-bond acceptors (Lipinski definition) is 1. The van der Waals surface area contributed by atoms with Gasteiger partial charge in [-0.3, -0.25) is 4.79 Å². The van der Waals surface area contributed by atoms with Gasteiger partial charge in [0.1, 0.15) is 0 Å². The predicted octanol–water partition coefficient (Wildman–Crippen LogP) is 11.1. The van der Waals surface area contributed by atoms with Gasteiger partial charge >= 0.3 is 0 Å². The van der Waals surface area contributed by atoms with Gasteiger partial charge in [-0.25, -0.2) is 0 Å². The quantitative estimate of drug-likeness (QED) is 0.118. The number of hydrogen-bond donors (Lipinski definition) is 0. The molecule has 0 N–H and O–H groups in total. The van der Waals surface area contributed by atoms with Crippen molar-refractivity contribution < 1.29 is 4.79 Å². The molecule has 0 heterocycles. The van der Waals surface area contributed by atoms with E-state index in [9.17, 15) is 4.79 Å². The molecule has 0 aromatic heterocycles. The van der Waals surface area contributed by atoms with Gasteiger partial charge in [0.05, 0.1) is 0 Å². The summed E-state index contributed by atoms with van der Waals surface area (Å²) in [6.45, 7) is 4.55. The fourth-order valence-corrected chi connectivity index (χ4v) is 5.32. The van der Waals surface area contributed by atoms with E-state index < -0.39 is 0 Å². The first kappa shape index (κ1) is 30.3. The summed E-state index contributed by atoms with van der Waals surface area (Å²) in [7, 11) is 0. The average Bonchev–Trinajstić information content (AvgIpc) is 2.91.